The molecule has 0 radical (unpaired) electrons. The van der Waals surface area contributed by atoms with Crippen LogP contribution in [0, 0.1) is 0 Å². The van der Waals surface area contributed by atoms with Gasteiger partial charge in [0.05, 0.1) is 11.1 Å². The van der Waals surface area contributed by atoms with Gasteiger partial charge in [-0.15, -0.1) is 11.3 Å². The van der Waals surface area contributed by atoms with Crippen molar-refractivity contribution in [3.05, 3.63) is 59.2 Å². The monoisotopic (exact) mass is 547 g/mol. The normalized spacial score (nSPS) is 16.6. The summed E-state index contributed by atoms with van der Waals surface area (Å²) in [6.07, 6.45) is 1.44. The van der Waals surface area contributed by atoms with Gasteiger partial charge in [-0.1, -0.05) is 12.1 Å². The Kier molecular flexibility index (Phi) is 7.61. The molecule has 4 aromatic rings. The van der Waals surface area contributed by atoms with Crippen LogP contribution in [0.3, 0.4) is 0 Å². The SMILES string of the molecule is O=C(NCC(F)(F)F)c1cc(-c2cnn3cc(-c4ccc(OCCN5CCCC(F)C5)cc4)cnc23)cs1. The van der Waals surface area contributed by atoms with E-state index in [-0.39, 0.29) is 4.88 Å². The molecule has 0 aliphatic carbocycles. The van der Waals surface area contributed by atoms with Crippen molar-refractivity contribution < 1.29 is 27.1 Å². The molecule has 12 heteroatoms. The van der Waals surface area contributed by atoms with Gasteiger partial charge in [-0.05, 0) is 54.1 Å². The summed E-state index contributed by atoms with van der Waals surface area (Å²) < 4.78 is 58.1. The van der Waals surface area contributed by atoms with E-state index in [2.05, 4.69) is 15.0 Å². The molecule has 38 heavy (non-hydrogen) atoms. The highest BCUT2D eigenvalue weighted by molar-refractivity contribution is 7.12. The number of alkyl halides is 4. The Morgan fingerprint density at radius 1 is 1.16 bits per heavy atom. The lowest BCUT2D eigenvalue weighted by Crippen LogP contribution is -2.38. The highest BCUT2D eigenvalue weighted by Crippen LogP contribution is 2.30. The van der Waals surface area contributed by atoms with E-state index in [1.54, 1.807) is 22.3 Å². The summed E-state index contributed by atoms with van der Waals surface area (Å²) in [5.74, 6) is -0.0527. The average Bonchev–Trinajstić information content (AvgIpc) is 3.54. The number of thiophene rings is 1. The quantitative estimate of drug-likeness (QED) is 0.306. The lowest BCUT2D eigenvalue weighted by Gasteiger charge is -2.28. The van der Waals surface area contributed by atoms with Gasteiger partial charge in [-0.3, -0.25) is 9.69 Å². The first-order valence-electron chi connectivity index (χ1n) is 12.1. The zero-order valence-electron chi connectivity index (χ0n) is 20.2. The molecule has 1 N–H and O–H groups in total. The number of halogens is 4. The predicted octanol–water partition coefficient (Wildman–Crippen LogP) is 5.23. The number of rotatable bonds is 8. The molecule has 1 amide bonds. The minimum absolute atomic E-state index is 0.171. The number of ether oxygens (including phenoxy) is 1. The molecule has 1 aromatic carbocycles. The number of likely N-dealkylation sites (tertiary alicyclic amines) is 1. The van der Waals surface area contributed by atoms with Crippen molar-refractivity contribution >= 4 is 22.9 Å². The van der Waals surface area contributed by atoms with Crippen LogP contribution < -0.4 is 10.1 Å². The smallest absolute Gasteiger partial charge is 0.405 e. The van der Waals surface area contributed by atoms with Crippen LogP contribution in [0.15, 0.2) is 54.3 Å². The van der Waals surface area contributed by atoms with Gasteiger partial charge >= 0.3 is 6.18 Å². The second-order valence-corrected chi connectivity index (χ2v) is 9.99. The zero-order valence-corrected chi connectivity index (χ0v) is 21.1. The molecule has 1 fully saturated rings. The maximum absolute atomic E-state index is 13.5. The summed E-state index contributed by atoms with van der Waals surface area (Å²) in [6, 6.07) is 9.12. The van der Waals surface area contributed by atoms with E-state index in [1.165, 1.54) is 6.07 Å². The zero-order chi connectivity index (χ0) is 26.7. The standard InChI is InChI=1S/C26H25F4N5O2S/c27-20-2-1-7-34(14-20)8-9-37-21-5-3-17(4-6-21)19-11-31-24-22(12-33-35(24)13-19)18-10-23(38-15-18)25(36)32-16-26(28,29)30/h3-6,10-13,15,20H,1-2,7-9,14,16H2,(H,32,36). The summed E-state index contributed by atoms with van der Waals surface area (Å²) >= 11 is 1.05. The number of piperidine rings is 1. The van der Waals surface area contributed by atoms with E-state index in [9.17, 15) is 22.4 Å². The Morgan fingerprint density at radius 2 is 1.97 bits per heavy atom. The van der Waals surface area contributed by atoms with E-state index < -0.39 is 24.8 Å². The fraction of sp³-hybridized carbons (Fsp3) is 0.346. The number of carbonyl (C=O) groups is 1. The van der Waals surface area contributed by atoms with Crippen molar-refractivity contribution in [3.8, 4) is 28.0 Å². The number of aromatic nitrogens is 3. The van der Waals surface area contributed by atoms with E-state index in [0.717, 1.165) is 41.2 Å². The van der Waals surface area contributed by atoms with Gasteiger partial charge in [-0.2, -0.15) is 18.3 Å². The summed E-state index contributed by atoms with van der Waals surface area (Å²) in [4.78, 5) is 18.8. The number of amides is 1. The molecule has 1 saturated heterocycles. The van der Waals surface area contributed by atoms with Crippen LogP contribution in [0.5, 0.6) is 5.75 Å². The number of carbonyl (C=O) groups excluding carboxylic acids is 1. The third kappa shape index (κ3) is 6.30. The summed E-state index contributed by atoms with van der Waals surface area (Å²) in [6.45, 7) is 1.17. The predicted molar refractivity (Wildman–Crippen MR) is 136 cm³/mol. The summed E-state index contributed by atoms with van der Waals surface area (Å²) in [5.41, 5.74) is 3.62. The van der Waals surface area contributed by atoms with Gasteiger partial charge in [-0.25, -0.2) is 13.9 Å². The molecular weight excluding hydrogens is 522 g/mol. The Morgan fingerprint density at radius 3 is 2.74 bits per heavy atom. The van der Waals surface area contributed by atoms with Crippen molar-refractivity contribution in [3.63, 3.8) is 0 Å². The van der Waals surface area contributed by atoms with Crippen LogP contribution in [0.25, 0.3) is 27.9 Å². The second kappa shape index (κ2) is 11.1. The van der Waals surface area contributed by atoms with E-state index in [1.807, 2.05) is 35.8 Å². The number of hydrogen-bond donors (Lipinski definition) is 1. The minimum Gasteiger partial charge on any atom is -0.492 e. The Balaban J connectivity index is 1.22. The van der Waals surface area contributed by atoms with Gasteiger partial charge in [0.25, 0.3) is 5.91 Å². The van der Waals surface area contributed by atoms with Crippen LogP contribution in [0.4, 0.5) is 17.6 Å². The van der Waals surface area contributed by atoms with Crippen molar-refractivity contribution in [2.75, 3.05) is 32.8 Å². The molecule has 7 nitrogen and oxygen atoms in total. The lowest BCUT2D eigenvalue weighted by atomic mass is 10.1. The fourth-order valence-electron chi connectivity index (χ4n) is 4.33. The number of nitrogens with one attached hydrogen (secondary N) is 1. The number of fused-ring (bicyclic) bond motifs is 1. The summed E-state index contributed by atoms with van der Waals surface area (Å²) in [5, 5.41) is 7.93. The first-order chi connectivity index (χ1) is 18.2. The minimum atomic E-state index is -4.47. The van der Waals surface area contributed by atoms with Gasteiger partial charge in [0, 0.05) is 36.6 Å². The maximum Gasteiger partial charge on any atom is 0.405 e. The average molecular weight is 548 g/mol. The Bertz CT molecular complexity index is 1400. The molecule has 0 bridgehead atoms. The first-order valence-corrected chi connectivity index (χ1v) is 13.0. The summed E-state index contributed by atoms with van der Waals surface area (Å²) in [7, 11) is 0. The van der Waals surface area contributed by atoms with Crippen molar-refractivity contribution in [2.24, 2.45) is 0 Å². The molecule has 3 aromatic heterocycles. The lowest BCUT2D eigenvalue weighted by molar-refractivity contribution is -0.123. The Labute approximate surface area is 220 Å². The molecule has 1 aliphatic heterocycles. The van der Waals surface area contributed by atoms with E-state index in [0.29, 0.717) is 42.9 Å². The molecule has 1 aliphatic rings. The molecule has 0 saturated carbocycles. The molecular formula is C26H25F4N5O2S. The van der Waals surface area contributed by atoms with Gasteiger partial charge in [0.1, 0.15) is 25.1 Å². The van der Waals surface area contributed by atoms with Crippen LogP contribution in [0.1, 0.15) is 22.5 Å². The van der Waals surface area contributed by atoms with Crippen LogP contribution >= 0.6 is 11.3 Å². The van der Waals surface area contributed by atoms with Crippen molar-refractivity contribution in [1.29, 1.82) is 0 Å². The second-order valence-electron chi connectivity index (χ2n) is 9.08. The maximum atomic E-state index is 13.5. The highest BCUT2D eigenvalue weighted by atomic mass is 32.1. The molecule has 0 spiro atoms. The van der Waals surface area contributed by atoms with Crippen molar-refractivity contribution in [2.45, 2.75) is 25.2 Å². The van der Waals surface area contributed by atoms with E-state index in [4.69, 9.17) is 4.74 Å². The number of hydrogen-bond acceptors (Lipinski definition) is 6. The largest absolute Gasteiger partial charge is 0.492 e. The van der Waals surface area contributed by atoms with Crippen LogP contribution in [0.2, 0.25) is 0 Å². The van der Waals surface area contributed by atoms with Crippen LogP contribution in [-0.2, 0) is 0 Å². The fourth-order valence-corrected chi connectivity index (χ4v) is 5.15. The molecule has 200 valence electrons. The number of nitrogens with zero attached hydrogens (tertiary/aromatic N) is 4. The van der Waals surface area contributed by atoms with Crippen LogP contribution in [-0.4, -0.2) is 70.5 Å². The Hall–Kier alpha value is -3.51. The highest BCUT2D eigenvalue weighted by Gasteiger charge is 2.28. The third-order valence-electron chi connectivity index (χ3n) is 6.25. The van der Waals surface area contributed by atoms with E-state index >= 15 is 0 Å². The van der Waals surface area contributed by atoms with Gasteiger partial charge in [0.2, 0.25) is 0 Å². The van der Waals surface area contributed by atoms with Crippen molar-refractivity contribution in [1.82, 2.24) is 24.8 Å². The first kappa shape index (κ1) is 26.1. The van der Waals surface area contributed by atoms with Gasteiger partial charge < -0.3 is 10.1 Å². The third-order valence-corrected chi connectivity index (χ3v) is 7.18. The molecule has 1 atom stereocenters. The topological polar surface area (TPSA) is 71.8 Å². The molecule has 4 heterocycles. The molecule has 5 rings (SSSR count). The molecule has 1 unspecified atom stereocenters. The number of benzene rings is 1. The van der Waals surface area contributed by atoms with Gasteiger partial charge in [0.15, 0.2) is 5.65 Å².